The van der Waals surface area contributed by atoms with E-state index in [1.165, 1.54) is 11.3 Å². The van der Waals surface area contributed by atoms with E-state index in [-0.39, 0.29) is 0 Å². The summed E-state index contributed by atoms with van der Waals surface area (Å²) in [4.78, 5) is 4.98. The summed E-state index contributed by atoms with van der Waals surface area (Å²) in [5.74, 6) is 0.606. The average Bonchev–Trinajstić information content (AvgIpc) is 2.65. The molecule has 1 aromatic rings. The van der Waals surface area contributed by atoms with E-state index in [9.17, 15) is 4.21 Å². The molecule has 0 aromatic carbocycles. The van der Waals surface area contributed by atoms with Gasteiger partial charge in [-0.3, -0.25) is 4.21 Å². The molecule has 1 fully saturated rings. The monoisotopic (exact) mass is 264 g/mol. The van der Waals surface area contributed by atoms with E-state index in [2.05, 4.69) is 10.3 Å². The van der Waals surface area contributed by atoms with E-state index < -0.39 is 10.8 Å². The van der Waals surface area contributed by atoms with Crippen molar-refractivity contribution >= 4 is 33.7 Å². The number of aromatic nitrogens is 1. The highest BCUT2D eigenvalue weighted by molar-refractivity contribution is 7.85. The Morgan fingerprint density at radius 3 is 2.93 bits per heavy atom. The Kier molecular flexibility index (Phi) is 4.13. The topological polar surface area (TPSA) is 42.0 Å². The van der Waals surface area contributed by atoms with E-state index in [4.69, 9.17) is 11.6 Å². The smallest absolute Gasteiger partial charge is 0.183 e. The zero-order valence-corrected chi connectivity index (χ0v) is 10.6. The first-order valence-corrected chi connectivity index (χ1v) is 7.51. The third kappa shape index (κ3) is 3.24. The minimum absolute atomic E-state index is 0.340. The van der Waals surface area contributed by atoms with Crippen LogP contribution in [-0.2, 0) is 16.6 Å². The maximum absolute atomic E-state index is 12.0. The van der Waals surface area contributed by atoms with Crippen molar-refractivity contribution in [3.05, 3.63) is 15.5 Å². The first-order valence-electron chi connectivity index (χ1n) is 4.94. The summed E-state index contributed by atoms with van der Waals surface area (Å²) in [5, 5.41) is 3.61. The molecular weight excluding hydrogens is 252 g/mol. The molecule has 0 bridgehead atoms. The maximum atomic E-state index is 12.0. The zero-order chi connectivity index (χ0) is 10.7. The van der Waals surface area contributed by atoms with Gasteiger partial charge in [-0.05, 0) is 25.9 Å². The fraction of sp³-hybridized carbons (Fsp3) is 0.667. The number of hydrogen-bond acceptors (Lipinski definition) is 4. The van der Waals surface area contributed by atoms with Gasteiger partial charge in [-0.1, -0.05) is 11.6 Å². The minimum atomic E-state index is -0.772. The fourth-order valence-electron chi connectivity index (χ4n) is 1.67. The van der Waals surface area contributed by atoms with Gasteiger partial charge in [-0.2, -0.15) is 0 Å². The van der Waals surface area contributed by atoms with Crippen molar-refractivity contribution in [1.82, 2.24) is 10.3 Å². The molecule has 2 heterocycles. The van der Waals surface area contributed by atoms with Crippen LogP contribution >= 0.6 is 22.9 Å². The second-order valence-electron chi connectivity index (χ2n) is 3.55. The lowest BCUT2D eigenvalue weighted by Crippen LogP contribution is -2.33. The molecule has 1 aliphatic heterocycles. The minimum Gasteiger partial charge on any atom is -0.317 e. The maximum Gasteiger partial charge on any atom is 0.183 e. The lowest BCUT2D eigenvalue weighted by molar-refractivity contribution is 0.519. The molecule has 1 saturated heterocycles. The van der Waals surface area contributed by atoms with E-state index >= 15 is 0 Å². The number of nitrogens with zero attached hydrogens (tertiary/aromatic N) is 1. The quantitative estimate of drug-likeness (QED) is 0.905. The molecule has 15 heavy (non-hydrogen) atoms. The molecule has 0 unspecified atom stereocenters. The van der Waals surface area contributed by atoms with Crippen LogP contribution in [0.1, 0.15) is 17.7 Å². The molecule has 1 aromatic heterocycles. The Bertz CT molecular complexity index is 350. The lowest BCUT2D eigenvalue weighted by Gasteiger charge is -2.21. The molecule has 0 aliphatic carbocycles. The van der Waals surface area contributed by atoms with Gasteiger partial charge < -0.3 is 5.32 Å². The third-order valence-electron chi connectivity index (χ3n) is 2.47. The van der Waals surface area contributed by atoms with E-state index in [0.29, 0.717) is 15.5 Å². The highest BCUT2D eigenvalue weighted by atomic mass is 35.5. The van der Waals surface area contributed by atoms with Gasteiger partial charge in [0, 0.05) is 27.1 Å². The first kappa shape index (κ1) is 11.5. The van der Waals surface area contributed by atoms with Crippen LogP contribution in [0.5, 0.6) is 0 Å². The van der Waals surface area contributed by atoms with Crippen molar-refractivity contribution in [3.63, 3.8) is 0 Å². The summed E-state index contributed by atoms with van der Waals surface area (Å²) < 4.78 is 12.5. The van der Waals surface area contributed by atoms with Crippen LogP contribution in [0.2, 0.25) is 4.47 Å². The van der Waals surface area contributed by atoms with Crippen LogP contribution in [0.4, 0.5) is 0 Å². The summed E-state index contributed by atoms with van der Waals surface area (Å²) >= 11 is 7.15. The largest absolute Gasteiger partial charge is 0.317 e. The summed E-state index contributed by atoms with van der Waals surface area (Å²) in [7, 11) is -0.772. The van der Waals surface area contributed by atoms with Gasteiger partial charge in [0.1, 0.15) is 0 Å². The number of halogens is 1. The van der Waals surface area contributed by atoms with Gasteiger partial charge in [-0.25, -0.2) is 4.98 Å². The number of nitrogens with one attached hydrogen (secondary N) is 1. The predicted molar refractivity (Wildman–Crippen MR) is 64.9 cm³/mol. The molecule has 0 radical (unpaired) electrons. The lowest BCUT2D eigenvalue weighted by atomic mass is 10.2. The van der Waals surface area contributed by atoms with Crippen molar-refractivity contribution in [2.45, 2.75) is 23.8 Å². The average molecular weight is 265 g/mol. The number of rotatable bonds is 3. The Balaban J connectivity index is 1.91. The van der Waals surface area contributed by atoms with Gasteiger partial charge in [0.25, 0.3) is 0 Å². The second kappa shape index (κ2) is 5.39. The first-order chi connectivity index (χ1) is 7.25. The van der Waals surface area contributed by atoms with Crippen molar-refractivity contribution in [3.8, 4) is 0 Å². The zero-order valence-electron chi connectivity index (χ0n) is 8.24. The van der Waals surface area contributed by atoms with Crippen LogP contribution in [0.15, 0.2) is 6.20 Å². The molecule has 84 valence electrons. The molecule has 2 rings (SSSR count). The normalized spacial score (nSPS) is 20.3. The van der Waals surface area contributed by atoms with E-state index in [1.54, 1.807) is 6.20 Å². The molecule has 0 spiro atoms. The molecule has 3 nitrogen and oxygen atoms in total. The second-order valence-corrected chi connectivity index (χ2v) is 6.97. The number of hydrogen-bond donors (Lipinski definition) is 1. The summed E-state index contributed by atoms with van der Waals surface area (Å²) in [5.41, 5.74) is 0. The van der Waals surface area contributed by atoms with Crippen LogP contribution in [0, 0.1) is 0 Å². The van der Waals surface area contributed by atoms with Crippen LogP contribution in [0.25, 0.3) is 0 Å². The Morgan fingerprint density at radius 1 is 1.60 bits per heavy atom. The molecule has 0 saturated carbocycles. The van der Waals surface area contributed by atoms with Crippen molar-refractivity contribution in [2.24, 2.45) is 0 Å². The Morgan fingerprint density at radius 2 is 2.33 bits per heavy atom. The fourth-order valence-corrected chi connectivity index (χ4v) is 4.38. The molecule has 0 amide bonds. The highest BCUT2D eigenvalue weighted by Crippen LogP contribution is 2.21. The van der Waals surface area contributed by atoms with E-state index in [1.807, 2.05) is 0 Å². The molecule has 1 N–H and O–H groups in total. The van der Waals surface area contributed by atoms with Gasteiger partial charge in [0.2, 0.25) is 0 Å². The van der Waals surface area contributed by atoms with Crippen molar-refractivity contribution in [1.29, 1.82) is 0 Å². The van der Waals surface area contributed by atoms with Gasteiger partial charge in [-0.15, -0.1) is 11.3 Å². The number of thiazole rings is 1. The molecule has 1 aliphatic rings. The summed E-state index contributed by atoms with van der Waals surface area (Å²) in [6, 6.07) is 0. The summed E-state index contributed by atoms with van der Waals surface area (Å²) in [6.07, 6.45) is 3.75. The van der Waals surface area contributed by atoms with Crippen molar-refractivity contribution in [2.75, 3.05) is 13.1 Å². The predicted octanol–water partition coefficient (Wildman–Crippen LogP) is 1.80. The highest BCUT2D eigenvalue weighted by Gasteiger charge is 2.20. The SMILES string of the molecule is O=[S@@](Cc1cnc(Cl)s1)C1CCNCC1. The van der Waals surface area contributed by atoms with Gasteiger partial charge in [0.15, 0.2) is 4.47 Å². The van der Waals surface area contributed by atoms with Gasteiger partial charge in [0.05, 0.1) is 5.75 Å². The van der Waals surface area contributed by atoms with Crippen LogP contribution in [-0.4, -0.2) is 27.5 Å². The third-order valence-corrected chi connectivity index (χ3v) is 5.58. The van der Waals surface area contributed by atoms with E-state index in [0.717, 1.165) is 30.8 Å². The van der Waals surface area contributed by atoms with Crippen molar-refractivity contribution < 1.29 is 4.21 Å². The number of piperidine rings is 1. The Hall–Kier alpha value is 0.0300. The van der Waals surface area contributed by atoms with Gasteiger partial charge >= 0.3 is 0 Å². The Labute approximate surface area is 101 Å². The molecular formula is C9H13ClN2OS2. The molecule has 1 atom stereocenters. The molecule has 6 heteroatoms. The standard InChI is InChI=1S/C9H13ClN2OS2/c10-9-12-5-7(14-9)6-15(13)8-1-3-11-4-2-8/h5,8,11H,1-4,6H2/t15-/m0/s1. The van der Waals surface area contributed by atoms with Crippen LogP contribution < -0.4 is 5.32 Å². The summed E-state index contributed by atoms with van der Waals surface area (Å²) in [6.45, 7) is 1.97. The van der Waals surface area contributed by atoms with Crippen LogP contribution in [0.3, 0.4) is 0 Å².